The summed E-state index contributed by atoms with van der Waals surface area (Å²) in [7, 11) is 1.40. The van der Waals surface area contributed by atoms with Crippen molar-refractivity contribution in [3.63, 3.8) is 0 Å². The maximum atomic E-state index is 11.1. The van der Waals surface area contributed by atoms with E-state index in [0.717, 1.165) is 25.2 Å². The van der Waals surface area contributed by atoms with E-state index in [0.29, 0.717) is 6.42 Å². The monoisotopic (exact) mass is 314 g/mol. The average molecular weight is 315 g/mol. The molecule has 0 saturated heterocycles. The molecule has 0 aliphatic rings. The second kappa shape index (κ2) is 8.14. The van der Waals surface area contributed by atoms with E-state index in [1.807, 2.05) is 24.3 Å². The number of rotatable bonds is 7. The molecule has 0 heterocycles. The SMILES string of the molecule is CCCOc1ccc(CC(Br)CC(=O)OC)cc1. The van der Waals surface area contributed by atoms with E-state index in [1.54, 1.807) is 0 Å². The first-order chi connectivity index (χ1) is 8.65. The first-order valence-electron chi connectivity index (χ1n) is 6.08. The molecule has 1 aromatic carbocycles. The van der Waals surface area contributed by atoms with Gasteiger partial charge in [0.25, 0.3) is 0 Å². The van der Waals surface area contributed by atoms with Gasteiger partial charge in [0.2, 0.25) is 0 Å². The molecule has 0 aromatic heterocycles. The molecule has 0 aliphatic heterocycles. The van der Waals surface area contributed by atoms with Gasteiger partial charge in [-0.1, -0.05) is 35.0 Å². The first-order valence-corrected chi connectivity index (χ1v) is 7.00. The third-order valence-corrected chi connectivity index (χ3v) is 3.12. The summed E-state index contributed by atoms with van der Waals surface area (Å²) in [4.78, 5) is 11.2. The van der Waals surface area contributed by atoms with Crippen molar-refractivity contribution in [2.75, 3.05) is 13.7 Å². The molecule has 3 nitrogen and oxygen atoms in total. The standard InChI is InChI=1S/C14H19BrO3/c1-3-8-18-13-6-4-11(5-7-13)9-12(15)10-14(16)17-2/h4-7,12H,3,8-10H2,1-2H3. The zero-order valence-electron chi connectivity index (χ0n) is 10.8. The Kier molecular flexibility index (Phi) is 6.80. The van der Waals surface area contributed by atoms with E-state index in [-0.39, 0.29) is 10.8 Å². The van der Waals surface area contributed by atoms with Crippen LogP contribution in [-0.2, 0) is 16.0 Å². The topological polar surface area (TPSA) is 35.5 Å². The van der Waals surface area contributed by atoms with E-state index in [2.05, 4.69) is 27.6 Å². The number of ether oxygens (including phenoxy) is 2. The summed E-state index contributed by atoms with van der Waals surface area (Å²) in [6.45, 7) is 2.82. The number of hydrogen-bond acceptors (Lipinski definition) is 3. The van der Waals surface area contributed by atoms with Gasteiger partial charge in [0.05, 0.1) is 20.1 Å². The van der Waals surface area contributed by atoms with Crippen LogP contribution >= 0.6 is 15.9 Å². The number of esters is 1. The molecule has 0 amide bonds. The highest BCUT2D eigenvalue weighted by atomic mass is 79.9. The Morgan fingerprint density at radius 1 is 1.33 bits per heavy atom. The minimum absolute atomic E-state index is 0.104. The molecule has 0 saturated carbocycles. The zero-order valence-corrected chi connectivity index (χ0v) is 12.4. The number of carbonyl (C=O) groups is 1. The van der Waals surface area contributed by atoms with Crippen LogP contribution in [0.1, 0.15) is 25.3 Å². The van der Waals surface area contributed by atoms with Crippen molar-refractivity contribution in [2.24, 2.45) is 0 Å². The molecule has 0 bridgehead atoms. The molecule has 18 heavy (non-hydrogen) atoms. The molecule has 0 N–H and O–H groups in total. The van der Waals surface area contributed by atoms with Gasteiger partial charge in [-0.15, -0.1) is 0 Å². The van der Waals surface area contributed by atoms with E-state index >= 15 is 0 Å². The summed E-state index contributed by atoms with van der Waals surface area (Å²) in [5.41, 5.74) is 1.17. The van der Waals surface area contributed by atoms with Crippen molar-refractivity contribution in [2.45, 2.75) is 31.0 Å². The summed E-state index contributed by atoms with van der Waals surface area (Å²) in [6.07, 6.45) is 2.18. The van der Waals surface area contributed by atoms with Gasteiger partial charge in [-0.25, -0.2) is 0 Å². The van der Waals surface area contributed by atoms with Gasteiger partial charge in [0.15, 0.2) is 0 Å². The molecule has 0 aliphatic carbocycles. The van der Waals surface area contributed by atoms with E-state index in [9.17, 15) is 4.79 Å². The number of alkyl halides is 1. The second-order valence-electron chi connectivity index (χ2n) is 4.07. The lowest BCUT2D eigenvalue weighted by Gasteiger charge is -2.09. The zero-order chi connectivity index (χ0) is 13.4. The van der Waals surface area contributed by atoms with E-state index < -0.39 is 0 Å². The fourth-order valence-electron chi connectivity index (χ4n) is 1.53. The fraction of sp³-hybridized carbons (Fsp3) is 0.500. The van der Waals surface area contributed by atoms with Crippen LogP contribution in [0.4, 0.5) is 0 Å². The number of carbonyl (C=O) groups excluding carboxylic acids is 1. The van der Waals surface area contributed by atoms with Gasteiger partial charge in [-0.2, -0.15) is 0 Å². The Hall–Kier alpha value is -1.03. The Bertz CT molecular complexity index is 362. The lowest BCUT2D eigenvalue weighted by molar-refractivity contribution is -0.140. The van der Waals surface area contributed by atoms with Crippen molar-refractivity contribution in [1.82, 2.24) is 0 Å². The largest absolute Gasteiger partial charge is 0.494 e. The Morgan fingerprint density at radius 3 is 2.56 bits per heavy atom. The molecular formula is C14H19BrO3. The lowest BCUT2D eigenvalue weighted by atomic mass is 10.1. The van der Waals surface area contributed by atoms with Gasteiger partial charge in [0, 0.05) is 4.83 Å². The summed E-state index contributed by atoms with van der Waals surface area (Å²) >= 11 is 3.48. The van der Waals surface area contributed by atoms with Crippen LogP contribution in [0.25, 0.3) is 0 Å². The smallest absolute Gasteiger partial charge is 0.306 e. The molecule has 0 spiro atoms. The van der Waals surface area contributed by atoms with Crippen molar-refractivity contribution in [1.29, 1.82) is 0 Å². The lowest BCUT2D eigenvalue weighted by Crippen LogP contribution is -2.11. The highest BCUT2D eigenvalue weighted by Crippen LogP contribution is 2.17. The van der Waals surface area contributed by atoms with Crippen molar-refractivity contribution in [3.05, 3.63) is 29.8 Å². The van der Waals surface area contributed by atoms with Gasteiger partial charge in [-0.3, -0.25) is 4.79 Å². The Morgan fingerprint density at radius 2 is 2.00 bits per heavy atom. The van der Waals surface area contributed by atoms with Gasteiger partial charge >= 0.3 is 5.97 Å². The molecule has 100 valence electrons. The van der Waals surface area contributed by atoms with Gasteiger partial charge in [-0.05, 0) is 30.5 Å². The van der Waals surface area contributed by atoms with Crippen LogP contribution in [0.15, 0.2) is 24.3 Å². The molecule has 1 aromatic rings. The van der Waals surface area contributed by atoms with Crippen LogP contribution in [0.2, 0.25) is 0 Å². The van der Waals surface area contributed by atoms with Crippen molar-refractivity contribution in [3.8, 4) is 5.75 Å². The normalized spacial score (nSPS) is 11.9. The minimum atomic E-state index is -0.195. The minimum Gasteiger partial charge on any atom is -0.494 e. The molecule has 1 atom stereocenters. The Labute approximate surface area is 117 Å². The van der Waals surface area contributed by atoms with Crippen LogP contribution < -0.4 is 4.74 Å². The third kappa shape index (κ3) is 5.54. The van der Waals surface area contributed by atoms with Crippen LogP contribution in [0.3, 0.4) is 0 Å². The highest BCUT2D eigenvalue weighted by molar-refractivity contribution is 9.09. The molecule has 0 radical (unpaired) electrons. The summed E-state index contributed by atoms with van der Waals surface area (Å²) < 4.78 is 10.1. The maximum absolute atomic E-state index is 11.1. The predicted molar refractivity (Wildman–Crippen MR) is 75.3 cm³/mol. The summed E-state index contributed by atoms with van der Waals surface area (Å²) in [5.74, 6) is 0.694. The molecular weight excluding hydrogens is 296 g/mol. The quantitative estimate of drug-likeness (QED) is 0.572. The summed E-state index contributed by atoms with van der Waals surface area (Å²) in [5, 5.41) is 0. The molecule has 1 rings (SSSR count). The van der Waals surface area contributed by atoms with E-state index in [4.69, 9.17) is 4.74 Å². The number of methoxy groups -OCH3 is 1. The first kappa shape index (κ1) is 15.0. The number of halogens is 1. The molecule has 0 fully saturated rings. The number of hydrogen-bond donors (Lipinski definition) is 0. The molecule has 4 heteroatoms. The van der Waals surface area contributed by atoms with Crippen molar-refractivity contribution >= 4 is 21.9 Å². The molecule has 1 unspecified atom stereocenters. The van der Waals surface area contributed by atoms with Gasteiger partial charge in [0.1, 0.15) is 5.75 Å². The maximum Gasteiger partial charge on any atom is 0.306 e. The average Bonchev–Trinajstić information content (AvgIpc) is 2.37. The van der Waals surface area contributed by atoms with Gasteiger partial charge < -0.3 is 9.47 Å². The Balaban J connectivity index is 2.45. The third-order valence-electron chi connectivity index (χ3n) is 2.47. The van der Waals surface area contributed by atoms with Crippen LogP contribution in [-0.4, -0.2) is 24.5 Å². The van der Waals surface area contributed by atoms with Crippen molar-refractivity contribution < 1.29 is 14.3 Å². The van der Waals surface area contributed by atoms with Crippen LogP contribution in [0.5, 0.6) is 5.75 Å². The summed E-state index contributed by atoms with van der Waals surface area (Å²) in [6, 6.07) is 7.97. The highest BCUT2D eigenvalue weighted by Gasteiger charge is 2.11. The predicted octanol–water partition coefficient (Wildman–Crippen LogP) is 3.34. The second-order valence-corrected chi connectivity index (χ2v) is 5.37. The fourth-order valence-corrected chi connectivity index (χ4v) is 2.17. The van der Waals surface area contributed by atoms with Crippen LogP contribution in [0, 0.1) is 0 Å². The number of benzene rings is 1. The van der Waals surface area contributed by atoms with E-state index in [1.165, 1.54) is 12.7 Å².